The first-order chi connectivity index (χ1) is 12.3. The van der Waals surface area contributed by atoms with Crippen LogP contribution in [0.5, 0.6) is 0 Å². The van der Waals surface area contributed by atoms with Crippen molar-refractivity contribution in [2.75, 3.05) is 5.73 Å². The van der Waals surface area contributed by atoms with Gasteiger partial charge in [-0.1, -0.05) is 48.5 Å². The van der Waals surface area contributed by atoms with Crippen molar-refractivity contribution in [3.05, 3.63) is 97.1 Å². The second-order valence-corrected chi connectivity index (χ2v) is 5.93. The lowest BCUT2D eigenvalue weighted by atomic mass is 10.0. The van der Waals surface area contributed by atoms with E-state index >= 15 is 0 Å². The zero-order chi connectivity index (χ0) is 17.1. The van der Waals surface area contributed by atoms with Crippen LogP contribution in [0, 0.1) is 0 Å². The molecular formula is C23H18NO+. The van der Waals surface area contributed by atoms with E-state index in [2.05, 4.69) is 36.4 Å². The quantitative estimate of drug-likeness (QED) is 0.363. The average molecular weight is 324 g/mol. The number of benzene rings is 3. The number of anilines is 1. The van der Waals surface area contributed by atoms with Gasteiger partial charge in [0.15, 0.2) is 0 Å². The molecule has 2 nitrogen and oxygen atoms in total. The van der Waals surface area contributed by atoms with E-state index in [1.54, 1.807) is 0 Å². The van der Waals surface area contributed by atoms with Gasteiger partial charge in [-0.05, 0) is 42.0 Å². The monoisotopic (exact) mass is 324 g/mol. The fraction of sp³-hybridized carbons (Fsp3) is 0. The van der Waals surface area contributed by atoms with E-state index < -0.39 is 0 Å². The fourth-order valence-electron chi connectivity index (χ4n) is 2.83. The van der Waals surface area contributed by atoms with Gasteiger partial charge in [-0.15, -0.1) is 0 Å². The SMILES string of the molecule is Nc1ccc(-c2cc(-c3ccccc3)[o+]c(-c3ccccc3)c2)cc1. The molecule has 25 heavy (non-hydrogen) atoms. The summed E-state index contributed by atoms with van der Waals surface area (Å²) in [5, 5.41) is 0. The first kappa shape index (κ1) is 15.2. The third-order valence-electron chi connectivity index (χ3n) is 4.15. The normalized spacial score (nSPS) is 10.6. The molecular weight excluding hydrogens is 306 g/mol. The van der Waals surface area contributed by atoms with Gasteiger partial charge in [0.05, 0.1) is 23.3 Å². The third-order valence-corrected chi connectivity index (χ3v) is 4.15. The Bertz CT molecular complexity index is 920. The Morgan fingerprint density at radius 2 is 0.960 bits per heavy atom. The molecule has 0 amide bonds. The van der Waals surface area contributed by atoms with Gasteiger partial charge >= 0.3 is 11.5 Å². The molecule has 0 bridgehead atoms. The van der Waals surface area contributed by atoms with Gasteiger partial charge in [0, 0.05) is 11.3 Å². The van der Waals surface area contributed by atoms with Crippen molar-refractivity contribution >= 4 is 5.69 Å². The average Bonchev–Trinajstić information content (AvgIpc) is 2.69. The van der Waals surface area contributed by atoms with E-state index in [1.807, 2.05) is 60.7 Å². The summed E-state index contributed by atoms with van der Waals surface area (Å²) in [6.07, 6.45) is 0. The lowest BCUT2D eigenvalue weighted by Crippen LogP contribution is -1.87. The van der Waals surface area contributed by atoms with E-state index in [0.29, 0.717) is 0 Å². The highest BCUT2D eigenvalue weighted by Gasteiger charge is 2.20. The lowest BCUT2D eigenvalue weighted by Gasteiger charge is -2.03. The number of rotatable bonds is 3. The molecule has 2 heteroatoms. The summed E-state index contributed by atoms with van der Waals surface area (Å²) in [6, 6.07) is 32.4. The predicted octanol–water partition coefficient (Wildman–Crippen LogP) is 6.14. The Hall–Kier alpha value is -3.39. The molecule has 2 N–H and O–H groups in total. The van der Waals surface area contributed by atoms with Crippen molar-refractivity contribution in [1.82, 2.24) is 0 Å². The fourth-order valence-corrected chi connectivity index (χ4v) is 2.83. The van der Waals surface area contributed by atoms with Crippen LogP contribution in [0.4, 0.5) is 5.69 Å². The summed E-state index contributed by atoms with van der Waals surface area (Å²) in [4.78, 5) is 0. The Morgan fingerprint density at radius 1 is 0.480 bits per heavy atom. The minimum absolute atomic E-state index is 0.760. The summed E-state index contributed by atoms with van der Waals surface area (Å²) in [6.45, 7) is 0. The predicted molar refractivity (Wildman–Crippen MR) is 104 cm³/mol. The molecule has 0 spiro atoms. The molecule has 0 aliphatic carbocycles. The first-order valence-electron chi connectivity index (χ1n) is 8.24. The van der Waals surface area contributed by atoms with Crippen molar-refractivity contribution in [2.24, 2.45) is 0 Å². The Balaban J connectivity index is 1.90. The highest BCUT2D eigenvalue weighted by Crippen LogP contribution is 2.33. The number of nitrogen functional groups attached to an aromatic ring is 1. The second-order valence-electron chi connectivity index (χ2n) is 5.93. The van der Waals surface area contributed by atoms with Gasteiger partial charge in [-0.3, -0.25) is 0 Å². The summed E-state index contributed by atoms with van der Waals surface area (Å²) < 4.78 is 6.21. The number of hydrogen-bond donors (Lipinski definition) is 1. The van der Waals surface area contributed by atoms with Crippen molar-refractivity contribution < 1.29 is 4.42 Å². The van der Waals surface area contributed by atoms with E-state index in [0.717, 1.165) is 39.5 Å². The zero-order valence-corrected chi connectivity index (χ0v) is 13.7. The van der Waals surface area contributed by atoms with Crippen LogP contribution < -0.4 is 5.73 Å². The van der Waals surface area contributed by atoms with Crippen LogP contribution in [0.1, 0.15) is 0 Å². The molecule has 0 unspecified atom stereocenters. The Labute approximate surface area is 147 Å². The molecule has 0 fully saturated rings. The molecule has 0 atom stereocenters. The number of nitrogens with two attached hydrogens (primary N) is 1. The van der Waals surface area contributed by atoms with Crippen molar-refractivity contribution in [1.29, 1.82) is 0 Å². The molecule has 0 radical (unpaired) electrons. The second kappa shape index (κ2) is 6.62. The van der Waals surface area contributed by atoms with Crippen LogP contribution >= 0.6 is 0 Å². The molecule has 4 rings (SSSR count). The van der Waals surface area contributed by atoms with Crippen LogP contribution in [0.3, 0.4) is 0 Å². The summed E-state index contributed by atoms with van der Waals surface area (Å²) >= 11 is 0. The van der Waals surface area contributed by atoms with Gasteiger partial charge < -0.3 is 5.73 Å². The minimum Gasteiger partial charge on any atom is -0.399 e. The summed E-state index contributed by atoms with van der Waals surface area (Å²) in [7, 11) is 0. The smallest absolute Gasteiger partial charge is 0.361 e. The van der Waals surface area contributed by atoms with E-state index in [9.17, 15) is 0 Å². The maximum Gasteiger partial charge on any atom is 0.361 e. The lowest BCUT2D eigenvalue weighted by molar-refractivity contribution is 0.582. The summed E-state index contributed by atoms with van der Waals surface area (Å²) in [5.74, 6) is 1.68. The van der Waals surface area contributed by atoms with Crippen LogP contribution in [0.25, 0.3) is 33.8 Å². The third kappa shape index (κ3) is 3.29. The summed E-state index contributed by atoms with van der Waals surface area (Å²) in [5.41, 5.74) is 10.9. The molecule has 0 saturated heterocycles. The molecule has 0 aliphatic rings. The molecule has 0 aliphatic heterocycles. The van der Waals surface area contributed by atoms with Crippen LogP contribution in [0.15, 0.2) is 101 Å². The van der Waals surface area contributed by atoms with E-state index in [-0.39, 0.29) is 0 Å². The maximum absolute atomic E-state index is 6.21. The highest BCUT2D eigenvalue weighted by molar-refractivity contribution is 5.75. The topological polar surface area (TPSA) is 37.3 Å². The van der Waals surface area contributed by atoms with Gasteiger partial charge in [-0.25, -0.2) is 4.42 Å². The van der Waals surface area contributed by atoms with Gasteiger partial charge in [0.1, 0.15) is 0 Å². The molecule has 4 aromatic rings. The standard InChI is InChI=1S/C23H18NO/c24-21-13-11-17(12-14-21)20-15-22(18-7-3-1-4-8-18)25-23(16-20)19-9-5-2-6-10-19/h1-16H,24H2/q+1. The van der Waals surface area contributed by atoms with Gasteiger partial charge in [0.25, 0.3) is 0 Å². The Kier molecular flexibility index (Phi) is 4.01. The van der Waals surface area contributed by atoms with Crippen LogP contribution in [-0.2, 0) is 0 Å². The zero-order valence-electron chi connectivity index (χ0n) is 13.7. The molecule has 120 valence electrons. The van der Waals surface area contributed by atoms with Crippen molar-refractivity contribution in [2.45, 2.75) is 0 Å². The van der Waals surface area contributed by atoms with Gasteiger partial charge in [-0.2, -0.15) is 0 Å². The van der Waals surface area contributed by atoms with Crippen LogP contribution in [0.2, 0.25) is 0 Å². The van der Waals surface area contributed by atoms with Gasteiger partial charge in [0.2, 0.25) is 0 Å². The highest BCUT2D eigenvalue weighted by atomic mass is 16.3. The Morgan fingerprint density at radius 3 is 1.44 bits per heavy atom. The molecule has 1 heterocycles. The largest absolute Gasteiger partial charge is 0.399 e. The van der Waals surface area contributed by atoms with E-state index in [1.165, 1.54) is 0 Å². The van der Waals surface area contributed by atoms with Crippen molar-refractivity contribution in [3.8, 4) is 33.8 Å². The first-order valence-corrected chi connectivity index (χ1v) is 8.24. The molecule has 0 saturated carbocycles. The van der Waals surface area contributed by atoms with E-state index in [4.69, 9.17) is 10.2 Å². The molecule has 3 aromatic carbocycles. The molecule has 1 aromatic heterocycles. The minimum atomic E-state index is 0.760. The number of hydrogen-bond acceptors (Lipinski definition) is 1. The van der Waals surface area contributed by atoms with Crippen molar-refractivity contribution in [3.63, 3.8) is 0 Å². The van der Waals surface area contributed by atoms with Crippen LogP contribution in [-0.4, -0.2) is 0 Å². The maximum atomic E-state index is 6.21.